The number of rotatable bonds is 6. The zero-order valence-corrected chi connectivity index (χ0v) is 12.5. The van der Waals surface area contributed by atoms with E-state index in [2.05, 4.69) is 24.5 Å². The largest absolute Gasteiger partial charge is 0.481 e. The van der Waals surface area contributed by atoms with E-state index in [9.17, 15) is 9.59 Å². The second kappa shape index (κ2) is 6.16. The number of benzene rings is 1. The number of para-hydroxylation sites is 1. The molecule has 5 heteroatoms. The van der Waals surface area contributed by atoms with Crippen LogP contribution in [0.15, 0.2) is 24.3 Å². The molecule has 1 saturated carbocycles. The molecule has 5 nitrogen and oxygen atoms in total. The fourth-order valence-corrected chi connectivity index (χ4v) is 2.41. The first kappa shape index (κ1) is 15.4. The lowest BCUT2D eigenvalue weighted by Crippen LogP contribution is -2.31. The van der Waals surface area contributed by atoms with E-state index in [-0.39, 0.29) is 12.5 Å². The van der Waals surface area contributed by atoms with E-state index in [1.165, 1.54) is 0 Å². The Kier molecular flexibility index (Phi) is 4.50. The van der Waals surface area contributed by atoms with E-state index in [4.69, 9.17) is 5.11 Å². The zero-order chi connectivity index (χ0) is 15.5. The van der Waals surface area contributed by atoms with Crippen LogP contribution in [0.5, 0.6) is 0 Å². The predicted molar refractivity (Wildman–Crippen MR) is 81.3 cm³/mol. The zero-order valence-electron chi connectivity index (χ0n) is 12.5. The lowest BCUT2D eigenvalue weighted by atomic mass is 10.1. The maximum absolute atomic E-state index is 11.9. The average Bonchev–Trinajstić information content (AvgIpc) is 3.03. The maximum Gasteiger partial charge on any atom is 0.319 e. The molecule has 1 atom stereocenters. The van der Waals surface area contributed by atoms with Crippen molar-refractivity contribution in [3.8, 4) is 0 Å². The van der Waals surface area contributed by atoms with E-state index in [0.717, 1.165) is 12.0 Å². The minimum Gasteiger partial charge on any atom is -0.481 e. The number of carbonyl (C=O) groups is 2. The van der Waals surface area contributed by atoms with Crippen LogP contribution in [0.1, 0.15) is 32.3 Å². The third-order valence-electron chi connectivity index (χ3n) is 4.10. The standard InChI is InChI=1S/C16H22N2O3/c1-16(2)9-12(16)10-17-15(21)18-13-6-4-3-5-11(13)7-8-14(19)20/h3-6,12H,7-10H2,1-2H3,(H,19,20)(H2,17,18,21). The Hall–Kier alpha value is -2.04. The van der Waals surface area contributed by atoms with Crippen LogP contribution in [0.25, 0.3) is 0 Å². The third kappa shape index (κ3) is 4.48. The lowest BCUT2D eigenvalue weighted by Gasteiger charge is -2.12. The highest BCUT2D eigenvalue weighted by atomic mass is 16.4. The van der Waals surface area contributed by atoms with Crippen LogP contribution in [0, 0.1) is 11.3 Å². The molecule has 114 valence electrons. The molecular formula is C16H22N2O3. The topological polar surface area (TPSA) is 78.4 Å². The molecule has 0 spiro atoms. The molecule has 21 heavy (non-hydrogen) atoms. The number of aliphatic carboxylic acids is 1. The van der Waals surface area contributed by atoms with Gasteiger partial charge in [-0.15, -0.1) is 0 Å². The number of anilines is 1. The molecule has 2 rings (SSSR count). The Balaban J connectivity index is 1.86. The van der Waals surface area contributed by atoms with Gasteiger partial charge in [0, 0.05) is 18.7 Å². The Morgan fingerprint density at radius 1 is 1.33 bits per heavy atom. The Morgan fingerprint density at radius 2 is 2.00 bits per heavy atom. The highest BCUT2D eigenvalue weighted by molar-refractivity contribution is 5.90. The number of carboxylic acid groups (broad SMARTS) is 1. The monoisotopic (exact) mass is 290 g/mol. The van der Waals surface area contributed by atoms with Gasteiger partial charge < -0.3 is 15.7 Å². The molecule has 1 aliphatic rings. The molecule has 0 aliphatic heterocycles. The summed E-state index contributed by atoms with van der Waals surface area (Å²) in [5, 5.41) is 14.4. The van der Waals surface area contributed by atoms with Gasteiger partial charge in [-0.1, -0.05) is 32.0 Å². The van der Waals surface area contributed by atoms with Gasteiger partial charge in [-0.2, -0.15) is 0 Å². The molecule has 1 aromatic rings. The van der Waals surface area contributed by atoms with E-state index < -0.39 is 5.97 Å². The third-order valence-corrected chi connectivity index (χ3v) is 4.10. The first-order chi connectivity index (χ1) is 9.88. The molecule has 1 unspecified atom stereocenters. The van der Waals surface area contributed by atoms with Crippen LogP contribution >= 0.6 is 0 Å². The number of hydrogen-bond acceptors (Lipinski definition) is 2. The molecule has 0 saturated heterocycles. The van der Waals surface area contributed by atoms with Crippen molar-refractivity contribution in [2.24, 2.45) is 11.3 Å². The van der Waals surface area contributed by atoms with Crippen molar-refractivity contribution in [3.05, 3.63) is 29.8 Å². The van der Waals surface area contributed by atoms with E-state index in [1.54, 1.807) is 6.07 Å². The van der Waals surface area contributed by atoms with Crippen LogP contribution in [0.3, 0.4) is 0 Å². The lowest BCUT2D eigenvalue weighted by molar-refractivity contribution is -0.136. The quantitative estimate of drug-likeness (QED) is 0.753. The number of hydrogen-bond donors (Lipinski definition) is 3. The molecular weight excluding hydrogens is 268 g/mol. The minimum absolute atomic E-state index is 0.0522. The number of nitrogens with one attached hydrogen (secondary N) is 2. The van der Waals surface area contributed by atoms with E-state index in [1.807, 2.05) is 18.2 Å². The minimum atomic E-state index is -0.842. The van der Waals surface area contributed by atoms with E-state index >= 15 is 0 Å². The maximum atomic E-state index is 11.9. The van der Waals surface area contributed by atoms with Crippen molar-refractivity contribution in [1.82, 2.24) is 5.32 Å². The summed E-state index contributed by atoms with van der Waals surface area (Å²) in [5.74, 6) is -0.296. The van der Waals surface area contributed by atoms with Crippen molar-refractivity contribution in [1.29, 1.82) is 0 Å². The normalized spacial score (nSPS) is 18.9. The van der Waals surface area contributed by atoms with Crippen molar-refractivity contribution in [2.75, 3.05) is 11.9 Å². The second-order valence-corrected chi connectivity index (χ2v) is 6.28. The van der Waals surface area contributed by atoms with E-state index in [0.29, 0.717) is 30.0 Å². The Bertz CT molecular complexity index is 540. The van der Waals surface area contributed by atoms with Gasteiger partial charge in [-0.05, 0) is 35.8 Å². The molecule has 0 radical (unpaired) electrons. The van der Waals surface area contributed by atoms with Gasteiger partial charge in [0.25, 0.3) is 0 Å². The van der Waals surface area contributed by atoms with Crippen molar-refractivity contribution in [3.63, 3.8) is 0 Å². The smallest absolute Gasteiger partial charge is 0.319 e. The number of amides is 2. The SMILES string of the molecule is CC1(C)CC1CNC(=O)Nc1ccccc1CCC(=O)O. The van der Waals surface area contributed by atoms with Crippen LogP contribution in [-0.2, 0) is 11.2 Å². The first-order valence-electron chi connectivity index (χ1n) is 7.23. The summed E-state index contributed by atoms with van der Waals surface area (Å²) in [6.07, 6.45) is 1.60. The van der Waals surface area contributed by atoms with Crippen LogP contribution in [0.4, 0.5) is 10.5 Å². The fourth-order valence-electron chi connectivity index (χ4n) is 2.41. The van der Waals surface area contributed by atoms with Crippen LogP contribution in [0.2, 0.25) is 0 Å². The molecule has 1 fully saturated rings. The molecule has 0 aromatic heterocycles. The summed E-state index contributed by atoms with van der Waals surface area (Å²) >= 11 is 0. The van der Waals surface area contributed by atoms with Crippen molar-refractivity contribution >= 4 is 17.7 Å². The summed E-state index contributed by atoms with van der Waals surface area (Å²) in [6, 6.07) is 7.05. The highest BCUT2D eigenvalue weighted by Gasteiger charge is 2.45. The van der Waals surface area contributed by atoms with Gasteiger partial charge in [0.05, 0.1) is 0 Å². The molecule has 2 amide bonds. The summed E-state index contributed by atoms with van der Waals surface area (Å²) < 4.78 is 0. The van der Waals surface area contributed by atoms with Gasteiger partial charge >= 0.3 is 12.0 Å². The summed E-state index contributed by atoms with van der Waals surface area (Å²) in [4.78, 5) is 22.6. The molecule has 1 aliphatic carbocycles. The Morgan fingerprint density at radius 3 is 2.62 bits per heavy atom. The van der Waals surface area contributed by atoms with Gasteiger partial charge in [0.15, 0.2) is 0 Å². The fraction of sp³-hybridized carbons (Fsp3) is 0.500. The van der Waals surface area contributed by atoms with Gasteiger partial charge in [0.1, 0.15) is 0 Å². The van der Waals surface area contributed by atoms with Crippen LogP contribution in [-0.4, -0.2) is 23.7 Å². The molecule has 0 heterocycles. The number of urea groups is 1. The summed E-state index contributed by atoms with van der Waals surface area (Å²) in [7, 11) is 0. The number of aryl methyl sites for hydroxylation is 1. The van der Waals surface area contributed by atoms with Gasteiger partial charge in [-0.25, -0.2) is 4.79 Å². The van der Waals surface area contributed by atoms with Crippen LogP contribution < -0.4 is 10.6 Å². The number of carboxylic acids is 1. The van der Waals surface area contributed by atoms with Crippen molar-refractivity contribution < 1.29 is 14.7 Å². The predicted octanol–water partition coefficient (Wildman–Crippen LogP) is 2.87. The molecule has 3 N–H and O–H groups in total. The van der Waals surface area contributed by atoms with Crippen molar-refractivity contribution in [2.45, 2.75) is 33.1 Å². The first-order valence-corrected chi connectivity index (χ1v) is 7.23. The molecule has 0 bridgehead atoms. The Labute approximate surface area is 124 Å². The summed E-state index contributed by atoms with van der Waals surface area (Å²) in [6.45, 7) is 5.06. The second-order valence-electron chi connectivity index (χ2n) is 6.28. The van der Waals surface area contributed by atoms with Gasteiger partial charge in [-0.3, -0.25) is 4.79 Å². The summed E-state index contributed by atoms with van der Waals surface area (Å²) in [5.41, 5.74) is 1.85. The number of carbonyl (C=O) groups excluding carboxylic acids is 1. The molecule has 1 aromatic carbocycles. The highest BCUT2D eigenvalue weighted by Crippen LogP contribution is 2.50. The van der Waals surface area contributed by atoms with Gasteiger partial charge in [0.2, 0.25) is 0 Å². The average molecular weight is 290 g/mol.